The van der Waals surface area contributed by atoms with Gasteiger partial charge in [0.15, 0.2) is 0 Å². The van der Waals surface area contributed by atoms with Crippen LogP contribution < -0.4 is 0 Å². The molecule has 1 radical (unpaired) electrons. The largest absolute Gasteiger partial charge is 0.316 e. The first-order valence-corrected chi connectivity index (χ1v) is 5.96. The molecule has 93 valence electrons. The van der Waals surface area contributed by atoms with Gasteiger partial charge in [0.2, 0.25) is 0 Å². The van der Waals surface area contributed by atoms with E-state index in [1.165, 1.54) is 6.42 Å². The van der Waals surface area contributed by atoms with Crippen LogP contribution in [0.2, 0.25) is 0 Å². The zero-order valence-corrected chi connectivity index (χ0v) is 11.1. The third kappa shape index (κ3) is 3.55. The van der Waals surface area contributed by atoms with Crippen LogP contribution >= 0.6 is 0 Å². The summed E-state index contributed by atoms with van der Waals surface area (Å²) >= 11 is 0. The summed E-state index contributed by atoms with van der Waals surface area (Å²) in [5.74, 6) is 0.423. The zero-order chi connectivity index (χ0) is 11.4. The van der Waals surface area contributed by atoms with E-state index in [1.54, 1.807) is 6.92 Å². The van der Waals surface area contributed by atoms with E-state index in [4.69, 9.17) is 0 Å². The first-order chi connectivity index (χ1) is 7.79. The Morgan fingerprint density at radius 2 is 2.00 bits per heavy atom. The number of hydrogen-bond acceptors (Lipinski definition) is 1. The van der Waals surface area contributed by atoms with Crippen LogP contribution in [0.15, 0.2) is 41.5 Å². The molecule has 0 aromatic carbocycles. The molecular weight excluding hydrogens is 255 g/mol. The molecule has 0 fully saturated rings. The van der Waals surface area contributed by atoms with E-state index in [9.17, 15) is 4.79 Å². The molecule has 1 nitrogen and oxygen atoms in total. The quantitative estimate of drug-likeness (QED) is 0.703. The molecule has 0 aliphatic heterocycles. The van der Waals surface area contributed by atoms with Crippen molar-refractivity contribution in [3.05, 3.63) is 47.6 Å². The standard InChI is InChI=1S/C15H17O.Co/c1-12(16)14-10-4-2-3-5-11-15(14)13-8-6-7-9-13;/h6-10,13H,2-5H2,1H3;/q-1;. The Labute approximate surface area is 114 Å². The minimum absolute atomic E-state index is 0. The van der Waals surface area contributed by atoms with Crippen molar-refractivity contribution >= 4 is 5.78 Å². The molecule has 2 aliphatic carbocycles. The monoisotopic (exact) mass is 272 g/mol. The number of carbonyl (C=O) groups excluding carboxylic acids is 1. The van der Waals surface area contributed by atoms with Gasteiger partial charge >= 0.3 is 0 Å². The Kier molecular flexibility index (Phi) is 5.66. The second-order valence-electron chi connectivity index (χ2n) is 4.31. The van der Waals surface area contributed by atoms with Gasteiger partial charge in [0.05, 0.1) is 5.78 Å². The molecule has 0 saturated carbocycles. The first kappa shape index (κ1) is 14.2. The number of Topliss-reactive ketones (excluding diaryl/α,β-unsaturated/α-hetero) is 1. The minimum atomic E-state index is 0. The predicted octanol–water partition coefficient (Wildman–Crippen LogP) is 3.55. The number of hydrogen-bond donors (Lipinski definition) is 0. The molecule has 2 aliphatic rings. The summed E-state index contributed by atoms with van der Waals surface area (Å²) < 4.78 is 0. The van der Waals surface area contributed by atoms with E-state index in [-0.39, 0.29) is 28.5 Å². The number of ketones is 1. The SMILES string of the molecule is CC(=O)C1=CCCCC[C-]=C1C1C=CC=C1.[Co]. The van der Waals surface area contributed by atoms with Gasteiger partial charge in [0.25, 0.3) is 0 Å². The fourth-order valence-electron chi connectivity index (χ4n) is 2.20. The van der Waals surface area contributed by atoms with E-state index < -0.39 is 0 Å². The average Bonchev–Trinajstić information content (AvgIpc) is 2.69. The summed E-state index contributed by atoms with van der Waals surface area (Å²) in [7, 11) is 0. The van der Waals surface area contributed by atoms with Crippen LogP contribution in [-0.2, 0) is 21.6 Å². The molecule has 0 spiro atoms. The van der Waals surface area contributed by atoms with Gasteiger partial charge in [-0.25, -0.2) is 5.57 Å². The average molecular weight is 272 g/mol. The summed E-state index contributed by atoms with van der Waals surface area (Å²) in [5.41, 5.74) is 1.96. The van der Waals surface area contributed by atoms with E-state index in [1.807, 2.05) is 12.2 Å². The molecule has 0 bridgehead atoms. The van der Waals surface area contributed by atoms with Crippen LogP contribution in [0.25, 0.3) is 0 Å². The van der Waals surface area contributed by atoms with Gasteiger partial charge in [-0.05, 0) is 12.8 Å². The van der Waals surface area contributed by atoms with Crippen molar-refractivity contribution in [2.24, 2.45) is 5.92 Å². The van der Waals surface area contributed by atoms with Crippen molar-refractivity contribution in [3.8, 4) is 0 Å². The molecule has 0 atom stereocenters. The maximum atomic E-state index is 11.7. The van der Waals surface area contributed by atoms with Crippen LogP contribution in [0.3, 0.4) is 0 Å². The Balaban J connectivity index is 0.00000144. The summed E-state index contributed by atoms with van der Waals surface area (Å²) in [4.78, 5) is 11.7. The van der Waals surface area contributed by atoms with Crippen LogP contribution in [0, 0.1) is 12.0 Å². The Bertz CT molecular complexity index is 387. The normalized spacial score (nSPS) is 20.1. The second-order valence-corrected chi connectivity index (χ2v) is 4.31. The zero-order valence-electron chi connectivity index (χ0n) is 10.0. The Morgan fingerprint density at radius 3 is 2.65 bits per heavy atom. The fourth-order valence-corrected chi connectivity index (χ4v) is 2.20. The molecule has 0 heterocycles. The van der Waals surface area contributed by atoms with Gasteiger partial charge in [-0.15, -0.1) is 12.0 Å². The Morgan fingerprint density at radius 1 is 1.29 bits per heavy atom. The van der Waals surface area contributed by atoms with Gasteiger partial charge in [-0.3, -0.25) is 6.08 Å². The molecule has 17 heavy (non-hydrogen) atoms. The Hall–Kier alpha value is -0.864. The molecule has 0 aromatic rings. The fraction of sp³-hybridized carbons (Fsp3) is 0.400. The molecule has 0 unspecified atom stereocenters. The second kappa shape index (κ2) is 6.77. The van der Waals surface area contributed by atoms with Crippen LogP contribution in [0.4, 0.5) is 0 Å². The van der Waals surface area contributed by atoms with Crippen molar-refractivity contribution in [3.63, 3.8) is 0 Å². The van der Waals surface area contributed by atoms with Crippen molar-refractivity contribution in [2.45, 2.75) is 32.6 Å². The van der Waals surface area contributed by atoms with Gasteiger partial charge in [-0.1, -0.05) is 43.6 Å². The molecule has 2 rings (SSSR count). The first-order valence-electron chi connectivity index (χ1n) is 5.96. The van der Waals surface area contributed by atoms with Crippen molar-refractivity contribution < 1.29 is 21.6 Å². The van der Waals surface area contributed by atoms with E-state index in [2.05, 4.69) is 24.3 Å². The number of rotatable bonds is 2. The van der Waals surface area contributed by atoms with Crippen molar-refractivity contribution in [2.75, 3.05) is 0 Å². The van der Waals surface area contributed by atoms with Gasteiger partial charge in [-0.2, -0.15) is 6.08 Å². The van der Waals surface area contributed by atoms with Crippen LogP contribution in [0.1, 0.15) is 32.6 Å². The summed E-state index contributed by atoms with van der Waals surface area (Å²) in [6, 6.07) is 0. The van der Waals surface area contributed by atoms with Crippen molar-refractivity contribution in [1.29, 1.82) is 0 Å². The van der Waals surface area contributed by atoms with E-state index in [0.717, 1.165) is 30.4 Å². The molecule has 0 saturated heterocycles. The van der Waals surface area contributed by atoms with Crippen molar-refractivity contribution in [1.82, 2.24) is 0 Å². The van der Waals surface area contributed by atoms with Gasteiger partial charge < -0.3 is 4.79 Å². The molecule has 0 N–H and O–H groups in total. The summed E-state index contributed by atoms with van der Waals surface area (Å²) in [6.07, 6.45) is 18.2. The van der Waals surface area contributed by atoms with E-state index >= 15 is 0 Å². The van der Waals surface area contributed by atoms with Crippen LogP contribution in [0.5, 0.6) is 0 Å². The predicted molar refractivity (Wildman–Crippen MR) is 65.8 cm³/mol. The maximum absolute atomic E-state index is 11.7. The third-order valence-corrected chi connectivity index (χ3v) is 3.05. The van der Waals surface area contributed by atoms with Crippen LogP contribution in [-0.4, -0.2) is 5.78 Å². The molecule has 0 amide bonds. The van der Waals surface area contributed by atoms with Gasteiger partial charge in [0.1, 0.15) is 0 Å². The van der Waals surface area contributed by atoms with Gasteiger partial charge in [0, 0.05) is 16.8 Å². The molecular formula is C15H17CoO-. The summed E-state index contributed by atoms with van der Waals surface area (Å²) in [5, 5.41) is 0. The topological polar surface area (TPSA) is 17.1 Å². The smallest absolute Gasteiger partial charge is 0.0799 e. The number of allylic oxidation sites excluding steroid dienone is 8. The molecule has 0 aromatic heterocycles. The number of carbonyl (C=O) groups is 1. The molecule has 2 heteroatoms. The minimum Gasteiger partial charge on any atom is -0.316 e. The third-order valence-electron chi connectivity index (χ3n) is 3.05. The summed E-state index contributed by atoms with van der Waals surface area (Å²) in [6.45, 7) is 1.65. The maximum Gasteiger partial charge on any atom is 0.0799 e. The van der Waals surface area contributed by atoms with E-state index in [0.29, 0.717) is 0 Å².